The number of aliphatic imine (C=N–C) groups is 1. The van der Waals surface area contributed by atoms with E-state index in [1.807, 2.05) is 35.9 Å². The summed E-state index contributed by atoms with van der Waals surface area (Å²) in [6.07, 6.45) is 1.67. The van der Waals surface area contributed by atoms with E-state index in [0.29, 0.717) is 25.7 Å². The van der Waals surface area contributed by atoms with E-state index in [9.17, 15) is 0 Å². The number of aromatic nitrogens is 3. The van der Waals surface area contributed by atoms with Gasteiger partial charge < -0.3 is 19.9 Å². The Labute approximate surface area is 153 Å². The maximum atomic E-state index is 5.65. The van der Waals surface area contributed by atoms with Gasteiger partial charge in [0.1, 0.15) is 18.7 Å². The summed E-state index contributed by atoms with van der Waals surface area (Å²) in [5.74, 6) is 2.42. The normalized spacial score (nSPS) is 10.8. The van der Waals surface area contributed by atoms with E-state index >= 15 is 0 Å². The highest BCUT2D eigenvalue weighted by Gasteiger charge is 2.02. The topological polar surface area (TPSA) is 76.4 Å². The van der Waals surface area contributed by atoms with Crippen molar-refractivity contribution in [2.75, 3.05) is 20.2 Å². The maximum Gasteiger partial charge on any atom is 0.191 e. The van der Waals surface area contributed by atoms with E-state index < -0.39 is 0 Å². The number of rotatable bonds is 6. The predicted molar refractivity (Wildman–Crippen MR) is 101 cm³/mol. The van der Waals surface area contributed by atoms with Crippen molar-refractivity contribution in [3.63, 3.8) is 0 Å². The molecule has 0 aliphatic carbocycles. The van der Waals surface area contributed by atoms with Gasteiger partial charge in [0.05, 0.1) is 13.1 Å². The molecule has 0 atom stereocenters. The van der Waals surface area contributed by atoms with E-state index in [1.165, 1.54) is 5.56 Å². The van der Waals surface area contributed by atoms with E-state index in [1.54, 1.807) is 13.4 Å². The minimum absolute atomic E-state index is 0. The fraction of sp³-hybridized carbons (Fsp3) is 0.400. The third kappa shape index (κ3) is 6.43. The zero-order chi connectivity index (χ0) is 15.8. The Bertz CT molecular complexity index is 611. The monoisotopic (exact) mass is 430 g/mol. The van der Waals surface area contributed by atoms with Crippen LogP contribution in [-0.2, 0) is 13.6 Å². The predicted octanol–water partition coefficient (Wildman–Crippen LogP) is 1.49. The molecule has 2 N–H and O–H groups in total. The summed E-state index contributed by atoms with van der Waals surface area (Å²) >= 11 is 0. The number of hydrogen-bond donors (Lipinski definition) is 2. The van der Waals surface area contributed by atoms with Crippen LogP contribution >= 0.6 is 24.0 Å². The summed E-state index contributed by atoms with van der Waals surface area (Å²) in [6.45, 7) is 3.84. The lowest BCUT2D eigenvalue weighted by Crippen LogP contribution is -2.39. The van der Waals surface area contributed by atoms with Gasteiger partial charge in [-0.1, -0.05) is 17.7 Å². The molecule has 1 aromatic heterocycles. The van der Waals surface area contributed by atoms with Gasteiger partial charge in [0.15, 0.2) is 11.8 Å². The molecular weight excluding hydrogens is 407 g/mol. The van der Waals surface area contributed by atoms with Crippen molar-refractivity contribution in [2.45, 2.75) is 13.5 Å². The van der Waals surface area contributed by atoms with Crippen LogP contribution in [0.4, 0.5) is 0 Å². The number of ether oxygens (including phenoxy) is 1. The van der Waals surface area contributed by atoms with Gasteiger partial charge in [0.25, 0.3) is 0 Å². The molecule has 0 fully saturated rings. The molecule has 1 heterocycles. The smallest absolute Gasteiger partial charge is 0.191 e. The highest BCUT2D eigenvalue weighted by atomic mass is 127. The summed E-state index contributed by atoms with van der Waals surface area (Å²) in [5, 5.41) is 14.2. The van der Waals surface area contributed by atoms with Gasteiger partial charge >= 0.3 is 0 Å². The molecule has 0 saturated heterocycles. The first-order valence-electron chi connectivity index (χ1n) is 7.16. The van der Waals surface area contributed by atoms with Gasteiger partial charge in [-0.3, -0.25) is 4.99 Å². The Kier molecular flexibility index (Phi) is 8.38. The van der Waals surface area contributed by atoms with Crippen LogP contribution < -0.4 is 15.4 Å². The Hall–Kier alpha value is -1.84. The van der Waals surface area contributed by atoms with E-state index in [0.717, 1.165) is 11.6 Å². The first-order valence-corrected chi connectivity index (χ1v) is 7.16. The van der Waals surface area contributed by atoms with Crippen LogP contribution in [0, 0.1) is 6.92 Å². The molecule has 23 heavy (non-hydrogen) atoms. The molecule has 0 saturated carbocycles. The van der Waals surface area contributed by atoms with Crippen LogP contribution in [0.25, 0.3) is 0 Å². The molecular formula is C15H23IN6O. The third-order valence-electron chi connectivity index (χ3n) is 3.13. The lowest BCUT2D eigenvalue weighted by molar-refractivity contribution is 0.322. The molecule has 0 amide bonds. The van der Waals surface area contributed by atoms with Crippen LogP contribution in [0.15, 0.2) is 35.6 Å². The summed E-state index contributed by atoms with van der Waals surface area (Å²) in [5.41, 5.74) is 1.22. The maximum absolute atomic E-state index is 5.65. The van der Waals surface area contributed by atoms with Crippen molar-refractivity contribution in [3.8, 4) is 5.75 Å². The molecule has 8 heteroatoms. The Morgan fingerprint density at radius 1 is 1.26 bits per heavy atom. The summed E-state index contributed by atoms with van der Waals surface area (Å²) < 4.78 is 7.52. The van der Waals surface area contributed by atoms with Crippen molar-refractivity contribution in [3.05, 3.63) is 42.0 Å². The fourth-order valence-corrected chi connectivity index (χ4v) is 1.82. The van der Waals surface area contributed by atoms with Crippen LogP contribution in [-0.4, -0.2) is 40.9 Å². The molecule has 2 aromatic rings. The zero-order valence-corrected chi connectivity index (χ0v) is 15.9. The number of benzene rings is 1. The molecule has 2 rings (SSSR count). The zero-order valence-electron chi connectivity index (χ0n) is 13.6. The molecule has 126 valence electrons. The molecule has 0 aliphatic rings. The second kappa shape index (κ2) is 10.0. The van der Waals surface area contributed by atoms with Crippen molar-refractivity contribution in [1.29, 1.82) is 0 Å². The van der Waals surface area contributed by atoms with Gasteiger partial charge in [-0.25, -0.2) is 0 Å². The minimum Gasteiger partial charge on any atom is -0.492 e. The first-order chi connectivity index (χ1) is 10.7. The van der Waals surface area contributed by atoms with E-state index in [2.05, 4.69) is 32.7 Å². The Balaban J connectivity index is 0.00000264. The fourth-order valence-electron chi connectivity index (χ4n) is 1.82. The molecule has 0 bridgehead atoms. The van der Waals surface area contributed by atoms with Gasteiger partial charge in [0, 0.05) is 14.1 Å². The number of hydrogen-bond acceptors (Lipinski definition) is 4. The van der Waals surface area contributed by atoms with E-state index in [4.69, 9.17) is 4.74 Å². The SMILES string of the molecule is CN=C(NCCOc1ccc(C)cc1)NCc1nncn1C.I. The molecule has 0 radical (unpaired) electrons. The largest absolute Gasteiger partial charge is 0.492 e. The second-order valence-electron chi connectivity index (χ2n) is 4.87. The van der Waals surface area contributed by atoms with Gasteiger partial charge in [-0.15, -0.1) is 34.2 Å². The molecule has 1 aromatic carbocycles. The average molecular weight is 430 g/mol. The van der Waals surface area contributed by atoms with Crippen molar-refractivity contribution >= 4 is 29.9 Å². The molecule has 0 spiro atoms. The first kappa shape index (κ1) is 19.2. The summed E-state index contributed by atoms with van der Waals surface area (Å²) in [4.78, 5) is 4.15. The third-order valence-corrected chi connectivity index (χ3v) is 3.13. The lowest BCUT2D eigenvalue weighted by Gasteiger charge is -2.12. The van der Waals surface area contributed by atoms with Crippen molar-refractivity contribution in [2.24, 2.45) is 12.0 Å². The number of nitrogens with one attached hydrogen (secondary N) is 2. The highest BCUT2D eigenvalue weighted by molar-refractivity contribution is 14.0. The van der Waals surface area contributed by atoms with Gasteiger partial charge in [-0.05, 0) is 19.1 Å². The van der Waals surface area contributed by atoms with Gasteiger partial charge in [0.2, 0.25) is 0 Å². The summed E-state index contributed by atoms with van der Waals surface area (Å²) in [6, 6.07) is 8.00. The number of guanidine groups is 1. The Morgan fingerprint density at radius 3 is 2.61 bits per heavy atom. The van der Waals surface area contributed by atoms with E-state index in [-0.39, 0.29) is 24.0 Å². The number of aryl methyl sites for hydroxylation is 2. The molecule has 0 unspecified atom stereocenters. The van der Waals surface area contributed by atoms with Crippen molar-refractivity contribution in [1.82, 2.24) is 25.4 Å². The highest BCUT2D eigenvalue weighted by Crippen LogP contribution is 2.10. The summed E-state index contributed by atoms with van der Waals surface area (Å²) in [7, 11) is 3.63. The average Bonchev–Trinajstić information content (AvgIpc) is 2.93. The Morgan fingerprint density at radius 2 is 2.00 bits per heavy atom. The minimum atomic E-state index is 0. The van der Waals surface area contributed by atoms with Gasteiger partial charge in [-0.2, -0.15) is 0 Å². The molecule has 0 aliphatic heterocycles. The lowest BCUT2D eigenvalue weighted by atomic mass is 10.2. The molecule has 7 nitrogen and oxygen atoms in total. The number of halogens is 1. The van der Waals surface area contributed by atoms with Crippen LogP contribution in [0.5, 0.6) is 5.75 Å². The number of nitrogens with zero attached hydrogens (tertiary/aromatic N) is 4. The quantitative estimate of drug-likeness (QED) is 0.314. The standard InChI is InChI=1S/C15H22N6O.HI/c1-12-4-6-13(7-5-12)22-9-8-17-15(16-2)18-10-14-20-19-11-21(14)3;/h4-7,11H,8-10H2,1-3H3,(H2,16,17,18);1H. The van der Waals surface area contributed by atoms with Crippen LogP contribution in [0.1, 0.15) is 11.4 Å². The van der Waals surface area contributed by atoms with Crippen LogP contribution in [0.2, 0.25) is 0 Å². The van der Waals surface area contributed by atoms with Crippen LogP contribution in [0.3, 0.4) is 0 Å². The second-order valence-corrected chi connectivity index (χ2v) is 4.87. The van der Waals surface area contributed by atoms with Crippen molar-refractivity contribution < 1.29 is 4.74 Å².